The summed E-state index contributed by atoms with van der Waals surface area (Å²) in [5.74, 6) is 0.706. The maximum Gasteiger partial charge on any atom is 0.242 e. The first-order valence-electron chi connectivity index (χ1n) is 7.12. The van der Waals surface area contributed by atoms with Crippen LogP contribution in [0, 0.1) is 0 Å². The monoisotopic (exact) mass is 422 g/mol. The van der Waals surface area contributed by atoms with E-state index in [-0.39, 0.29) is 36.4 Å². The first-order valence-corrected chi connectivity index (χ1v) is 8.00. The van der Waals surface area contributed by atoms with Crippen molar-refractivity contribution in [3.05, 3.63) is 22.4 Å². The molecule has 21 heavy (non-hydrogen) atoms. The van der Waals surface area contributed by atoms with Gasteiger partial charge in [-0.05, 0) is 37.6 Å². The summed E-state index contributed by atoms with van der Waals surface area (Å²) in [6.07, 6.45) is 3.18. The second-order valence-electron chi connectivity index (χ2n) is 4.79. The molecule has 0 unspecified atom stereocenters. The van der Waals surface area contributed by atoms with E-state index < -0.39 is 0 Å². The predicted octanol–water partition coefficient (Wildman–Crippen LogP) is 1.74. The number of nitrogens with one attached hydrogen (secondary N) is 3. The van der Waals surface area contributed by atoms with E-state index in [1.54, 1.807) is 11.3 Å². The second kappa shape index (κ2) is 9.99. The van der Waals surface area contributed by atoms with Gasteiger partial charge in [0.1, 0.15) is 6.54 Å². The van der Waals surface area contributed by atoms with Crippen LogP contribution in [0.1, 0.15) is 24.6 Å². The summed E-state index contributed by atoms with van der Waals surface area (Å²) in [5.41, 5.74) is 0. The van der Waals surface area contributed by atoms with Crippen molar-refractivity contribution in [2.45, 2.75) is 32.2 Å². The first kappa shape index (κ1) is 18.2. The third-order valence-corrected chi connectivity index (χ3v) is 3.85. The molecule has 1 fully saturated rings. The van der Waals surface area contributed by atoms with Crippen molar-refractivity contribution < 1.29 is 4.79 Å². The average Bonchev–Trinajstić information content (AvgIpc) is 3.08. The normalized spacial score (nSPS) is 14.2. The fourth-order valence-corrected chi connectivity index (χ4v) is 2.46. The van der Waals surface area contributed by atoms with Gasteiger partial charge in [-0.15, -0.1) is 35.3 Å². The highest BCUT2D eigenvalue weighted by Crippen LogP contribution is 2.18. The summed E-state index contributed by atoms with van der Waals surface area (Å²) in [7, 11) is 0. The number of thiophene rings is 1. The molecule has 118 valence electrons. The third kappa shape index (κ3) is 7.66. The molecule has 1 saturated carbocycles. The van der Waals surface area contributed by atoms with E-state index >= 15 is 0 Å². The quantitative estimate of drug-likeness (QED) is 0.356. The fraction of sp³-hybridized carbons (Fsp3) is 0.571. The molecule has 1 aliphatic rings. The number of hydrogen-bond donors (Lipinski definition) is 3. The molecule has 0 aliphatic heterocycles. The highest BCUT2D eigenvalue weighted by atomic mass is 127. The molecule has 1 aromatic rings. The summed E-state index contributed by atoms with van der Waals surface area (Å²) >= 11 is 1.76. The molecule has 0 bridgehead atoms. The smallest absolute Gasteiger partial charge is 0.242 e. The van der Waals surface area contributed by atoms with Crippen LogP contribution in [0.5, 0.6) is 0 Å². The van der Waals surface area contributed by atoms with Crippen LogP contribution in [0.2, 0.25) is 0 Å². The number of guanidine groups is 1. The number of carbonyl (C=O) groups is 1. The lowest BCUT2D eigenvalue weighted by Crippen LogP contribution is -2.39. The minimum absolute atomic E-state index is 0. The Labute approximate surface area is 147 Å². The molecule has 0 saturated heterocycles. The Morgan fingerprint density at radius 1 is 1.43 bits per heavy atom. The van der Waals surface area contributed by atoms with Gasteiger partial charge in [0.05, 0.1) is 0 Å². The molecule has 3 N–H and O–H groups in total. The van der Waals surface area contributed by atoms with Crippen LogP contribution in [0.3, 0.4) is 0 Å². The molecule has 0 spiro atoms. The Morgan fingerprint density at radius 2 is 2.24 bits per heavy atom. The summed E-state index contributed by atoms with van der Waals surface area (Å²) < 4.78 is 0. The summed E-state index contributed by atoms with van der Waals surface area (Å²) in [6.45, 7) is 3.80. The van der Waals surface area contributed by atoms with E-state index in [0.29, 0.717) is 12.0 Å². The number of hydrogen-bond acceptors (Lipinski definition) is 3. The van der Waals surface area contributed by atoms with E-state index in [9.17, 15) is 4.79 Å². The van der Waals surface area contributed by atoms with Crippen LogP contribution in [0.25, 0.3) is 0 Å². The van der Waals surface area contributed by atoms with Gasteiger partial charge in [0.15, 0.2) is 5.96 Å². The van der Waals surface area contributed by atoms with Crippen molar-refractivity contribution in [1.82, 2.24) is 16.0 Å². The van der Waals surface area contributed by atoms with Gasteiger partial charge in [-0.3, -0.25) is 4.79 Å². The van der Waals surface area contributed by atoms with Crippen molar-refractivity contribution in [2.75, 3.05) is 19.6 Å². The number of amides is 1. The highest BCUT2D eigenvalue weighted by molar-refractivity contribution is 14.0. The maximum absolute atomic E-state index is 11.6. The van der Waals surface area contributed by atoms with Crippen LogP contribution in [-0.2, 0) is 11.2 Å². The van der Waals surface area contributed by atoms with Gasteiger partial charge in [0.25, 0.3) is 0 Å². The van der Waals surface area contributed by atoms with Crippen LogP contribution >= 0.6 is 35.3 Å². The summed E-state index contributed by atoms with van der Waals surface area (Å²) in [4.78, 5) is 17.2. The Hall–Kier alpha value is -0.830. The van der Waals surface area contributed by atoms with Crippen molar-refractivity contribution in [1.29, 1.82) is 0 Å². The van der Waals surface area contributed by atoms with E-state index in [1.165, 1.54) is 4.88 Å². The highest BCUT2D eigenvalue weighted by Gasteiger charge is 2.22. The number of halogens is 1. The minimum atomic E-state index is 0. The van der Waals surface area contributed by atoms with Crippen LogP contribution in [0.15, 0.2) is 22.5 Å². The summed E-state index contributed by atoms with van der Waals surface area (Å²) in [6, 6.07) is 4.58. The Kier molecular flexibility index (Phi) is 8.67. The average molecular weight is 422 g/mol. The molecular formula is C14H23IN4OS. The summed E-state index contributed by atoms with van der Waals surface area (Å²) in [5, 5.41) is 11.4. The van der Waals surface area contributed by atoms with Gasteiger partial charge in [-0.25, -0.2) is 4.99 Å². The largest absolute Gasteiger partial charge is 0.357 e. The van der Waals surface area contributed by atoms with E-state index in [2.05, 4.69) is 38.5 Å². The van der Waals surface area contributed by atoms with Crippen LogP contribution < -0.4 is 16.0 Å². The molecule has 1 amide bonds. The predicted molar refractivity (Wildman–Crippen MR) is 98.6 cm³/mol. The fourth-order valence-electron chi connectivity index (χ4n) is 1.75. The Bertz CT molecular complexity index is 446. The second-order valence-corrected chi connectivity index (χ2v) is 5.83. The lowest BCUT2D eigenvalue weighted by Gasteiger charge is -2.10. The number of aliphatic imine (C=N–C) groups is 1. The van der Waals surface area contributed by atoms with Crippen LogP contribution in [-0.4, -0.2) is 37.5 Å². The van der Waals surface area contributed by atoms with E-state index in [1.807, 2.05) is 6.92 Å². The van der Waals surface area contributed by atoms with E-state index in [0.717, 1.165) is 32.4 Å². The Morgan fingerprint density at radius 3 is 2.86 bits per heavy atom. The third-order valence-electron chi connectivity index (χ3n) is 2.91. The lowest BCUT2D eigenvalue weighted by atomic mass is 10.3. The molecule has 0 aromatic carbocycles. The van der Waals surface area contributed by atoms with E-state index in [4.69, 9.17) is 0 Å². The SMILES string of the molecule is CCNC(=NCC(=O)NC1CC1)NCCc1cccs1.I. The molecular weight excluding hydrogens is 399 g/mol. The lowest BCUT2D eigenvalue weighted by molar-refractivity contribution is -0.119. The van der Waals surface area contributed by atoms with Crippen LogP contribution in [0.4, 0.5) is 0 Å². The zero-order valence-corrected chi connectivity index (χ0v) is 15.4. The zero-order chi connectivity index (χ0) is 14.2. The molecule has 1 heterocycles. The van der Waals surface area contributed by atoms with Crippen molar-refractivity contribution >= 4 is 47.2 Å². The van der Waals surface area contributed by atoms with Crippen molar-refractivity contribution in [3.63, 3.8) is 0 Å². The van der Waals surface area contributed by atoms with Gasteiger partial charge in [0, 0.05) is 24.0 Å². The van der Waals surface area contributed by atoms with Crippen molar-refractivity contribution in [2.24, 2.45) is 4.99 Å². The molecule has 7 heteroatoms. The molecule has 5 nitrogen and oxygen atoms in total. The van der Waals surface area contributed by atoms with Gasteiger partial charge in [0.2, 0.25) is 5.91 Å². The van der Waals surface area contributed by atoms with Gasteiger partial charge >= 0.3 is 0 Å². The molecule has 1 aromatic heterocycles. The van der Waals surface area contributed by atoms with Gasteiger partial charge in [-0.2, -0.15) is 0 Å². The minimum Gasteiger partial charge on any atom is -0.357 e. The van der Waals surface area contributed by atoms with Gasteiger partial charge in [-0.1, -0.05) is 6.07 Å². The Balaban J connectivity index is 0.00000220. The molecule has 1 aliphatic carbocycles. The topological polar surface area (TPSA) is 65.5 Å². The van der Waals surface area contributed by atoms with Gasteiger partial charge < -0.3 is 16.0 Å². The standard InChI is InChI=1S/C14H22N4OS.HI/c1-2-15-14(16-8-7-12-4-3-9-20-12)17-10-13(19)18-11-5-6-11;/h3-4,9,11H,2,5-8,10H2,1H3,(H,18,19)(H2,15,16,17);1H. The number of nitrogens with zero attached hydrogens (tertiary/aromatic N) is 1. The maximum atomic E-state index is 11.6. The molecule has 0 radical (unpaired) electrons. The number of carbonyl (C=O) groups excluding carboxylic acids is 1. The molecule has 2 rings (SSSR count). The number of rotatable bonds is 7. The van der Waals surface area contributed by atoms with Crippen molar-refractivity contribution in [3.8, 4) is 0 Å². The first-order chi connectivity index (χ1) is 9.78. The zero-order valence-electron chi connectivity index (χ0n) is 12.2. The molecule has 0 atom stereocenters.